The normalized spacial score (nSPS) is 9.80. The summed E-state index contributed by atoms with van der Waals surface area (Å²) < 4.78 is 12.5. The van der Waals surface area contributed by atoms with Crippen molar-refractivity contribution in [2.24, 2.45) is 0 Å². The minimum absolute atomic E-state index is 0.0579. The van der Waals surface area contributed by atoms with Crippen LogP contribution in [0.3, 0.4) is 0 Å². The molecule has 3 nitrogen and oxygen atoms in total. The number of halogens is 1. The van der Waals surface area contributed by atoms with Crippen LogP contribution in [0.5, 0.6) is 0 Å². The molecule has 0 saturated heterocycles. The van der Waals surface area contributed by atoms with Crippen LogP contribution in [0.25, 0.3) is 0 Å². The Hall–Kier alpha value is -1.16. The lowest BCUT2D eigenvalue weighted by Crippen LogP contribution is -1.99. The molecule has 0 aromatic carbocycles. The minimum Gasteiger partial charge on any atom is -0.398 e. The summed E-state index contributed by atoms with van der Waals surface area (Å²) in [5, 5.41) is 8.54. The second-order valence-corrected chi connectivity index (χ2v) is 1.83. The van der Waals surface area contributed by atoms with Crippen molar-refractivity contribution < 1.29 is 9.50 Å². The van der Waals surface area contributed by atoms with Crippen molar-refractivity contribution in [3.8, 4) is 0 Å². The Balaban J connectivity index is 3.17. The zero-order valence-corrected chi connectivity index (χ0v) is 5.21. The van der Waals surface area contributed by atoms with E-state index in [1.807, 2.05) is 0 Å². The SMILES string of the molecule is Nc1ccnc(F)c1CO. The second-order valence-electron chi connectivity index (χ2n) is 1.83. The molecule has 0 radical (unpaired) electrons. The summed E-state index contributed by atoms with van der Waals surface area (Å²) in [7, 11) is 0. The van der Waals surface area contributed by atoms with Crippen LogP contribution in [0.15, 0.2) is 12.3 Å². The largest absolute Gasteiger partial charge is 0.398 e. The van der Waals surface area contributed by atoms with Crippen molar-refractivity contribution >= 4 is 5.69 Å². The second kappa shape index (κ2) is 2.62. The van der Waals surface area contributed by atoms with E-state index < -0.39 is 12.6 Å². The summed E-state index contributed by atoms with van der Waals surface area (Å²) in [4.78, 5) is 3.30. The molecule has 0 aliphatic rings. The molecule has 0 atom stereocenters. The molecule has 10 heavy (non-hydrogen) atoms. The highest BCUT2D eigenvalue weighted by Gasteiger charge is 2.03. The maximum absolute atomic E-state index is 12.5. The topological polar surface area (TPSA) is 59.1 Å². The van der Waals surface area contributed by atoms with E-state index in [1.165, 1.54) is 12.3 Å². The number of pyridine rings is 1. The van der Waals surface area contributed by atoms with Gasteiger partial charge in [0.05, 0.1) is 12.2 Å². The number of aromatic nitrogens is 1. The highest BCUT2D eigenvalue weighted by Crippen LogP contribution is 2.11. The molecule has 0 aliphatic carbocycles. The number of aliphatic hydroxyl groups excluding tert-OH is 1. The molecule has 1 heterocycles. The molecule has 1 aromatic rings. The maximum atomic E-state index is 12.5. The maximum Gasteiger partial charge on any atom is 0.220 e. The average Bonchev–Trinajstić information content (AvgIpc) is 1.88. The van der Waals surface area contributed by atoms with Gasteiger partial charge in [-0.3, -0.25) is 0 Å². The summed E-state index contributed by atoms with van der Waals surface area (Å²) in [6.07, 6.45) is 1.25. The first-order chi connectivity index (χ1) is 4.75. The summed E-state index contributed by atoms with van der Waals surface area (Å²) in [6.45, 7) is -0.411. The number of nitrogen functional groups attached to an aromatic ring is 1. The summed E-state index contributed by atoms with van der Waals surface area (Å²) in [6, 6.07) is 1.44. The van der Waals surface area contributed by atoms with Crippen LogP contribution in [-0.2, 0) is 6.61 Å². The van der Waals surface area contributed by atoms with Gasteiger partial charge in [0.25, 0.3) is 0 Å². The lowest BCUT2D eigenvalue weighted by atomic mass is 10.2. The van der Waals surface area contributed by atoms with E-state index in [9.17, 15) is 4.39 Å². The fraction of sp³-hybridized carbons (Fsp3) is 0.167. The molecule has 0 bridgehead atoms. The number of aliphatic hydroxyl groups is 1. The number of rotatable bonds is 1. The van der Waals surface area contributed by atoms with E-state index in [4.69, 9.17) is 10.8 Å². The number of nitrogens with zero attached hydrogens (tertiary/aromatic N) is 1. The Morgan fingerprint density at radius 1 is 1.70 bits per heavy atom. The zero-order valence-electron chi connectivity index (χ0n) is 5.21. The Morgan fingerprint density at radius 3 is 2.80 bits per heavy atom. The van der Waals surface area contributed by atoms with Crippen molar-refractivity contribution in [2.75, 3.05) is 5.73 Å². The molecule has 4 heteroatoms. The van der Waals surface area contributed by atoms with E-state index >= 15 is 0 Å². The van der Waals surface area contributed by atoms with E-state index in [-0.39, 0.29) is 11.3 Å². The number of nitrogens with two attached hydrogens (primary N) is 1. The van der Waals surface area contributed by atoms with Gasteiger partial charge in [0, 0.05) is 11.9 Å². The van der Waals surface area contributed by atoms with Gasteiger partial charge in [-0.25, -0.2) is 4.98 Å². The lowest BCUT2D eigenvalue weighted by Gasteiger charge is -1.99. The van der Waals surface area contributed by atoms with Crippen LogP contribution in [0.1, 0.15) is 5.56 Å². The minimum atomic E-state index is -0.706. The van der Waals surface area contributed by atoms with Gasteiger partial charge >= 0.3 is 0 Å². The Morgan fingerprint density at radius 2 is 2.40 bits per heavy atom. The van der Waals surface area contributed by atoms with Crippen molar-refractivity contribution in [1.82, 2.24) is 4.98 Å². The van der Waals surface area contributed by atoms with Gasteiger partial charge in [-0.05, 0) is 6.07 Å². The molecule has 0 spiro atoms. The van der Waals surface area contributed by atoms with Crippen molar-refractivity contribution in [1.29, 1.82) is 0 Å². The first-order valence-corrected chi connectivity index (χ1v) is 2.75. The molecule has 0 saturated carbocycles. The van der Waals surface area contributed by atoms with Gasteiger partial charge < -0.3 is 10.8 Å². The van der Waals surface area contributed by atoms with Gasteiger partial charge in [0.2, 0.25) is 5.95 Å². The zero-order chi connectivity index (χ0) is 7.56. The molecular formula is C6H7FN2O. The van der Waals surface area contributed by atoms with Gasteiger partial charge in [-0.2, -0.15) is 4.39 Å². The van der Waals surface area contributed by atoms with E-state index in [1.54, 1.807) is 0 Å². The fourth-order valence-electron chi connectivity index (χ4n) is 0.637. The smallest absolute Gasteiger partial charge is 0.220 e. The van der Waals surface area contributed by atoms with Crippen LogP contribution in [0, 0.1) is 5.95 Å². The molecule has 3 N–H and O–H groups in total. The van der Waals surface area contributed by atoms with Crippen molar-refractivity contribution in [3.63, 3.8) is 0 Å². The molecule has 0 aliphatic heterocycles. The van der Waals surface area contributed by atoms with E-state index in [2.05, 4.69) is 4.98 Å². The average molecular weight is 142 g/mol. The van der Waals surface area contributed by atoms with Gasteiger partial charge in [-0.15, -0.1) is 0 Å². The molecule has 0 unspecified atom stereocenters. The van der Waals surface area contributed by atoms with Crippen LogP contribution >= 0.6 is 0 Å². The first-order valence-electron chi connectivity index (χ1n) is 2.75. The van der Waals surface area contributed by atoms with E-state index in [0.717, 1.165) is 0 Å². The summed E-state index contributed by atoms with van der Waals surface area (Å²) >= 11 is 0. The van der Waals surface area contributed by atoms with Gasteiger partial charge in [-0.1, -0.05) is 0 Å². The standard InChI is InChI=1S/C6H7FN2O/c7-6-4(3-10)5(8)1-2-9-6/h1-2,10H,3H2,(H2,8,9). The first kappa shape index (κ1) is 6.95. The Kier molecular flexibility index (Phi) is 1.82. The molecule has 1 aromatic heterocycles. The molecular weight excluding hydrogens is 135 g/mol. The summed E-state index contributed by atoms with van der Waals surface area (Å²) in [5.74, 6) is -0.706. The summed E-state index contributed by atoms with van der Waals surface area (Å²) in [5.41, 5.74) is 5.58. The fourth-order valence-corrected chi connectivity index (χ4v) is 0.637. The van der Waals surface area contributed by atoms with Crippen molar-refractivity contribution in [2.45, 2.75) is 6.61 Å². The third-order valence-electron chi connectivity index (χ3n) is 1.20. The predicted octanol–water partition coefficient (Wildman–Crippen LogP) is 0.295. The molecule has 54 valence electrons. The third kappa shape index (κ3) is 1.06. The molecule has 0 fully saturated rings. The Bertz CT molecular complexity index is 219. The van der Waals surface area contributed by atoms with Crippen molar-refractivity contribution in [3.05, 3.63) is 23.8 Å². The predicted molar refractivity (Wildman–Crippen MR) is 34.5 cm³/mol. The van der Waals surface area contributed by atoms with Gasteiger partial charge in [0.15, 0.2) is 0 Å². The molecule has 1 rings (SSSR count). The highest BCUT2D eigenvalue weighted by atomic mass is 19.1. The monoisotopic (exact) mass is 142 g/mol. The van der Waals surface area contributed by atoms with Crippen LogP contribution in [-0.4, -0.2) is 10.1 Å². The van der Waals surface area contributed by atoms with Crippen LogP contribution in [0.4, 0.5) is 10.1 Å². The molecule has 0 amide bonds. The van der Waals surface area contributed by atoms with Gasteiger partial charge in [0.1, 0.15) is 0 Å². The highest BCUT2D eigenvalue weighted by molar-refractivity contribution is 5.44. The van der Waals surface area contributed by atoms with Crippen LogP contribution < -0.4 is 5.73 Å². The third-order valence-corrected chi connectivity index (χ3v) is 1.20. The number of anilines is 1. The quantitative estimate of drug-likeness (QED) is 0.554. The Labute approximate surface area is 57.3 Å². The van der Waals surface area contributed by atoms with Crippen LogP contribution in [0.2, 0.25) is 0 Å². The number of hydrogen-bond acceptors (Lipinski definition) is 3. The number of hydrogen-bond donors (Lipinski definition) is 2. The van der Waals surface area contributed by atoms with E-state index in [0.29, 0.717) is 0 Å². The lowest BCUT2D eigenvalue weighted by molar-refractivity contribution is 0.275.